The summed E-state index contributed by atoms with van der Waals surface area (Å²) in [5, 5.41) is 30.1. The van der Waals surface area contributed by atoms with Gasteiger partial charge in [0.15, 0.2) is 12.0 Å². The van der Waals surface area contributed by atoms with Crippen LogP contribution in [0.15, 0.2) is 18.6 Å². The van der Waals surface area contributed by atoms with Crippen LogP contribution < -0.4 is 5.48 Å². The zero-order valence-corrected chi connectivity index (χ0v) is 13.7. The summed E-state index contributed by atoms with van der Waals surface area (Å²) in [6.45, 7) is 3.23. The molecule has 1 saturated heterocycles. The topological polar surface area (TPSA) is 139 Å². The molecule has 3 heterocycles. The number of esters is 1. The van der Waals surface area contributed by atoms with E-state index in [2.05, 4.69) is 9.97 Å². The van der Waals surface area contributed by atoms with Crippen LogP contribution in [0.4, 0.5) is 5.82 Å². The van der Waals surface area contributed by atoms with Gasteiger partial charge < -0.3 is 24.3 Å². The molecule has 2 aromatic rings. The van der Waals surface area contributed by atoms with Crippen LogP contribution in [0.2, 0.25) is 0 Å². The third-order valence-corrected chi connectivity index (χ3v) is 4.09. The van der Waals surface area contributed by atoms with Gasteiger partial charge in [0, 0.05) is 6.20 Å². The predicted octanol–water partition coefficient (Wildman–Crippen LogP) is 0.0508. The first kappa shape index (κ1) is 17.5. The van der Waals surface area contributed by atoms with Crippen LogP contribution in [0, 0.1) is 5.92 Å². The minimum Gasteiger partial charge on any atom is -0.463 e. The van der Waals surface area contributed by atoms with Crippen LogP contribution in [-0.4, -0.2) is 60.8 Å². The predicted molar refractivity (Wildman–Crippen MR) is 84.7 cm³/mol. The van der Waals surface area contributed by atoms with E-state index in [1.807, 2.05) is 5.48 Å². The van der Waals surface area contributed by atoms with Crippen molar-refractivity contribution in [2.45, 2.75) is 38.4 Å². The number of rotatable bonds is 5. The monoisotopic (exact) mass is 352 g/mol. The molecule has 0 radical (unpaired) electrons. The van der Waals surface area contributed by atoms with Crippen molar-refractivity contribution in [3.05, 3.63) is 18.6 Å². The molecule has 25 heavy (non-hydrogen) atoms. The lowest BCUT2D eigenvalue weighted by Crippen LogP contribution is -2.34. The molecule has 0 aromatic carbocycles. The third kappa shape index (κ3) is 3.16. The Bertz CT molecular complexity index is 764. The quantitative estimate of drug-likeness (QED) is 0.434. The maximum atomic E-state index is 11.6. The van der Waals surface area contributed by atoms with Crippen molar-refractivity contribution in [2.75, 3.05) is 12.1 Å². The largest absolute Gasteiger partial charge is 0.463 e. The first-order valence-electron chi connectivity index (χ1n) is 7.84. The van der Waals surface area contributed by atoms with Crippen LogP contribution in [-0.2, 0) is 14.3 Å². The number of aliphatic hydroxyl groups excluding tert-OH is 2. The Morgan fingerprint density at radius 3 is 2.84 bits per heavy atom. The van der Waals surface area contributed by atoms with Crippen molar-refractivity contribution >= 4 is 22.8 Å². The van der Waals surface area contributed by atoms with E-state index in [9.17, 15) is 15.0 Å². The molecule has 0 bridgehead atoms. The van der Waals surface area contributed by atoms with E-state index in [0.29, 0.717) is 11.0 Å². The molecule has 10 heteroatoms. The van der Waals surface area contributed by atoms with Gasteiger partial charge in [0.05, 0.1) is 11.3 Å². The van der Waals surface area contributed by atoms with Crippen molar-refractivity contribution < 1.29 is 29.7 Å². The summed E-state index contributed by atoms with van der Waals surface area (Å²) < 4.78 is 12.3. The fourth-order valence-corrected chi connectivity index (χ4v) is 2.69. The van der Waals surface area contributed by atoms with E-state index in [0.717, 1.165) is 0 Å². The van der Waals surface area contributed by atoms with Gasteiger partial charge in [-0.05, 0) is 6.07 Å². The summed E-state index contributed by atoms with van der Waals surface area (Å²) >= 11 is 0. The van der Waals surface area contributed by atoms with Crippen LogP contribution in [0.25, 0.3) is 11.0 Å². The van der Waals surface area contributed by atoms with Crippen molar-refractivity contribution in [2.24, 2.45) is 5.92 Å². The highest BCUT2D eigenvalue weighted by Crippen LogP contribution is 2.33. The lowest BCUT2D eigenvalue weighted by molar-refractivity contribution is -0.153. The van der Waals surface area contributed by atoms with Gasteiger partial charge in [0.1, 0.15) is 36.9 Å². The number of nitrogens with zero attached hydrogens (tertiary/aromatic N) is 3. The van der Waals surface area contributed by atoms with Gasteiger partial charge in [-0.1, -0.05) is 13.8 Å². The summed E-state index contributed by atoms with van der Waals surface area (Å²) in [5.41, 5.74) is 2.38. The van der Waals surface area contributed by atoms with Crippen LogP contribution >= 0.6 is 0 Å². The minimum atomic E-state index is -1.24. The number of fused-ring (bicyclic) bond motifs is 1. The molecule has 0 amide bonds. The molecule has 136 valence electrons. The summed E-state index contributed by atoms with van der Waals surface area (Å²) in [5.74, 6) is -0.500. The van der Waals surface area contributed by atoms with Gasteiger partial charge >= 0.3 is 5.97 Å². The number of hydrogen-bond donors (Lipinski definition) is 4. The van der Waals surface area contributed by atoms with Gasteiger partial charge in [0.25, 0.3) is 0 Å². The highest BCUT2D eigenvalue weighted by molar-refractivity contribution is 5.86. The Morgan fingerprint density at radius 2 is 2.16 bits per heavy atom. The molecule has 3 rings (SSSR count). The molecular weight excluding hydrogens is 332 g/mol. The van der Waals surface area contributed by atoms with Crippen LogP contribution in [0.5, 0.6) is 0 Å². The smallest absolute Gasteiger partial charge is 0.308 e. The molecule has 0 aliphatic carbocycles. The molecule has 1 aliphatic heterocycles. The van der Waals surface area contributed by atoms with Gasteiger partial charge in [-0.15, -0.1) is 0 Å². The van der Waals surface area contributed by atoms with E-state index in [1.54, 1.807) is 26.1 Å². The third-order valence-electron chi connectivity index (χ3n) is 4.09. The number of carbonyl (C=O) groups excluding carboxylic acids is 1. The molecule has 0 saturated carbocycles. The van der Waals surface area contributed by atoms with E-state index in [-0.39, 0.29) is 18.3 Å². The summed E-state index contributed by atoms with van der Waals surface area (Å²) in [4.78, 5) is 19.6. The normalized spacial score (nSPS) is 26.3. The number of carbonyl (C=O) groups is 1. The number of ether oxygens (including phenoxy) is 2. The Kier molecular flexibility index (Phi) is 4.86. The van der Waals surface area contributed by atoms with Crippen molar-refractivity contribution in [3.63, 3.8) is 0 Å². The molecule has 1 fully saturated rings. The van der Waals surface area contributed by atoms with Crippen molar-refractivity contribution in [1.29, 1.82) is 0 Å². The van der Waals surface area contributed by atoms with Gasteiger partial charge in [-0.25, -0.2) is 9.97 Å². The molecule has 1 aliphatic rings. The highest BCUT2D eigenvalue weighted by atomic mass is 16.6. The second-order valence-corrected chi connectivity index (χ2v) is 6.13. The zero-order chi connectivity index (χ0) is 18.1. The lowest BCUT2D eigenvalue weighted by Gasteiger charge is -2.17. The zero-order valence-electron chi connectivity index (χ0n) is 13.7. The SMILES string of the molecule is CC(C)C(=O)OC[C@H]1O[C@@H](n2ccc3c(NO)ncnc32)[C@H](O)[C@@H]1O. The average Bonchev–Trinajstić information content (AvgIpc) is 3.15. The van der Waals surface area contributed by atoms with E-state index in [4.69, 9.17) is 14.7 Å². The lowest BCUT2D eigenvalue weighted by atomic mass is 10.1. The number of hydrogen-bond acceptors (Lipinski definition) is 9. The Morgan fingerprint density at radius 1 is 1.40 bits per heavy atom. The maximum Gasteiger partial charge on any atom is 0.308 e. The van der Waals surface area contributed by atoms with Crippen LogP contribution in [0.1, 0.15) is 20.1 Å². The first-order chi connectivity index (χ1) is 11.9. The first-order valence-corrected chi connectivity index (χ1v) is 7.84. The van der Waals surface area contributed by atoms with Crippen molar-refractivity contribution in [1.82, 2.24) is 14.5 Å². The molecule has 0 spiro atoms. The van der Waals surface area contributed by atoms with E-state index in [1.165, 1.54) is 10.9 Å². The molecular formula is C15H20N4O6. The number of aromatic nitrogens is 3. The van der Waals surface area contributed by atoms with E-state index >= 15 is 0 Å². The Labute approximate surface area is 143 Å². The number of anilines is 1. The molecule has 2 aromatic heterocycles. The average molecular weight is 352 g/mol. The van der Waals surface area contributed by atoms with Gasteiger partial charge in [-0.2, -0.15) is 0 Å². The second kappa shape index (κ2) is 6.92. The number of aliphatic hydroxyl groups is 2. The molecule has 0 unspecified atom stereocenters. The Balaban J connectivity index is 1.81. The van der Waals surface area contributed by atoms with Gasteiger partial charge in [-0.3, -0.25) is 15.5 Å². The van der Waals surface area contributed by atoms with E-state index < -0.39 is 30.5 Å². The minimum absolute atomic E-state index is 0.163. The second-order valence-electron chi connectivity index (χ2n) is 6.13. The highest BCUT2D eigenvalue weighted by Gasteiger charge is 2.44. The fraction of sp³-hybridized carbons (Fsp3) is 0.533. The number of nitrogens with one attached hydrogen (secondary N) is 1. The maximum absolute atomic E-state index is 11.6. The summed E-state index contributed by atoms with van der Waals surface area (Å²) in [7, 11) is 0. The molecule has 4 atom stereocenters. The van der Waals surface area contributed by atoms with Crippen LogP contribution in [0.3, 0.4) is 0 Å². The summed E-state index contributed by atoms with van der Waals surface area (Å²) in [6.07, 6.45) is -1.40. The Hall–Kier alpha value is -2.27. The summed E-state index contributed by atoms with van der Waals surface area (Å²) in [6, 6.07) is 1.64. The van der Waals surface area contributed by atoms with Crippen molar-refractivity contribution in [3.8, 4) is 0 Å². The fourth-order valence-electron chi connectivity index (χ4n) is 2.69. The molecule has 10 nitrogen and oxygen atoms in total. The standard InChI is InChI=1S/C15H20N4O6/c1-7(2)15(22)24-5-9-10(20)11(21)14(25-9)19-4-3-8-12(18-23)16-6-17-13(8)19/h3-4,6-7,9-11,14,20-21,23H,5H2,1-2H3,(H,16,17,18)/t9-,10-,11-,14-/m1/s1. The van der Waals surface area contributed by atoms with Gasteiger partial charge in [0.2, 0.25) is 0 Å². The molecule has 4 N–H and O–H groups in total.